The molecule has 0 bridgehead atoms. The summed E-state index contributed by atoms with van der Waals surface area (Å²) in [6.07, 6.45) is 3.19. The van der Waals surface area contributed by atoms with Crippen LogP contribution in [0.3, 0.4) is 0 Å². The molecule has 0 aliphatic heterocycles. The lowest BCUT2D eigenvalue weighted by Gasteiger charge is -2.07. The van der Waals surface area contributed by atoms with E-state index in [4.69, 9.17) is 16.3 Å². The van der Waals surface area contributed by atoms with E-state index in [0.717, 1.165) is 0 Å². The molecule has 1 N–H and O–H groups in total. The van der Waals surface area contributed by atoms with E-state index >= 15 is 0 Å². The van der Waals surface area contributed by atoms with Crippen LogP contribution < -0.4 is 5.56 Å². The first kappa shape index (κ1) is 13.7. The minimum atomic E-state index is -0.295. The van der Waals surface area contributed by atoms with E-state index in [1.165, 1.54) is 7.11 Å². The average molecular weight is 303 g/mol. The van der Waals surface area contributed by atoms with E-state index in [1.54, 1.807) is 30.6 Å². The zero-order valence-corrected chi connectivity index (χ0v) is 11.9. The number of rotatable bonds is 3. The quantitative estimate of drug-likeness (QED) is 0.802. The SMILES string of the molecule is COCc1nc2nccc(-c3ncccc3Cl)c2c(=O)[nH]1. The zero-order valence-electron chi connectivity index (χ0n) is 11.1. The van der Waals surface area contributed by atoms with Gasteiger partial charge < -0.3 is 9.72 Å². The second-order valence-corrected chi connectivity index (χ2v) is 4.74. The van der Waals surface area contributed by atoms with Gasteiger partial charge in [0.15, 0.2) is 5.65 Å². The molecule has 0 amide bonds. The molecule has 0 aromatic carbocycles. The summed E-state index contributed by atoms with van der Waals surface area (Å²) in [4.78, 5) is 27.7. The van der Waals surface area contributed by atoms with E-state index in [9.17, 15) is 4.79 Å². The fourth-order valence-electron chi connectivity index (χ4n) is 2.09. The van der Waals surface area contributed by atoms with Crippen LogP contribution in [0, 0.1) is 0 Å². The summed E-state index contributed by atoms with van der Waals surface area (Å²) in [5.74, 6) is 0.423. The molecule has 6 nitrogen and oxygen atoms in total. The second kappa shape index (κ2) is 5.59. The number of nitrogens with zero attached hydrogens (tertiary/aromatic N) is 3. The molecule has 3 rings (SSSR count). The van der Waals surface area contributed by atoms with Crippen molar-refractivity contribution in [1.29, 1.82) is 0 Å². The predicted octanol–water partition coefficient (Wildman–Crippen LogP) is 2.18. The van der Waals surface area contributed by atoms with E-state index in [-0.39, 0.29) is 12.2 Å². The van der Waals surface area contributed by atoms with Gasteiger partial charge in [0.2, 0.25) is 0 Å². The van der Waals surface area contributed by atoms with Gasteiger partial charge in [-0.15, -0.1) is 0 Å². The van der Waals surface area contributed by atoms with Crippen LogP contribution in [0.15, 0.2) is 35.4 Å². The average Bonchev–Trinajstić information content (AvgIpc) is 2.47. The number of fused-ring (bicyclic) bond motifs is 1. The van der Waals surface area contributed by atoms with Crippen molar-refractivity contribution in [1.82, 2.24) is 19.9 Å². The Kier molecular flexibility index (Phi) is 3.64. The maximum absolute atomic E-state index is 12.3. The number of ether oxygens (including phenoxy) is 1. The molecule has 7 heteroatoms. The predicted molar refractivity (Wildman–Crippen MR) is 79.1 cm³/mol. The first-order valence-electron chi connectivity index (χ1n) is 6.18. The van der Waals surface area contributed by atoms with Crippen LogP contribution in [0.25, 0.3) is 22.3 Å². The van der Waals surface area contributed by atoms with Gasteiger partial charge in [0.25, 0.3) is 5.56 Å². The molecule has 0 fully saturated rings. The number of pyridine rings is 2. The Morgan fingerprint density at radius 3 is 2.90 bits per heavy atom. The van der Waals surface area contributed by atoms with Crippen molar-refractivity contribution in [3.8, 4) is 11.3 Å². The number of halogens is 1. The molecule has 0 atom stereocenters. The minimum Gasteiger partial charge on any atom is -0.377 e. The van der Waals surface area contributed by atoms with E-state index in [1.807, 2.05) is 0 Å². The van der Waals surface area contributed by atoms with Crippen LogP contribution in [0.2, 0.25) is 5.02 Å². The van der Waals surface area contributed by atoms with Crippen molar-refractivity contribution >= 4 is 22.6 Å². The molecular formula is C14H11ClN4O2. The van der Waals surface area contributed by atoms with Crippen molar-refractivity contribution < 1.29 is 4.74 Å². The third-order valence-corrected chi connectivity index (χ3v) is 3.26. The Balaban J connectivity index is 2.31. The van der Waals surface area contributed by atoms with Crippen molar-refractivity contribution in [3.63, 3.8) is 0 Å². The molecule has 3 aromatic heterocycles. The molecule has 3 heterocycles. The number of aromatic amines is 1. The number of methoxy groups -OCH3 is 1. The first-order valence-corrected chi connectivity index (χ1v) is 6.56. The first-order chi connectivity index (χ1) is 10.2. The number of H-pyrrole nitrogens is 1. The van der Waals surface area contributed by atoms with Crippen molar-refractivity contribution in [2.24, 2.45) is 0 Å². The van der Waals surface area contributed by atoms with Crippen LogP contribution >= 0.6 is 11.6 Å². The Labute approximate surface area is 124 Å². The lowest BCUT2D eigenvalue weighted by atomic mass is 10.1. The number of hydrogen-bond acceptors (Lipinski definition) is 5. The summed E-state index contributed by atoms with van der Waals surface area (Å²) in [5, 5.41) is 0.823. The molecule has 21 heavy (non-hydrogen) atoms. The summed E-state index contributed by atoms with van der Waals surface area (Å²) in [7, 11) is 1.53. The number of hydrogen-bond donors (Lipinski definition) is 1. The Morgan fingerprint density at radius 1 is 1.29 bits per heavy atom. The topological polar surface area (TPSA) is 80.8 Å². The van der Waals surface area contributed by atoms with Crippen LogP contribution in [0.1, 0.15) is 5.82 Å². The van der Waals surface area contributed by atoms with Gasteiger partial charge in [0, 0.05) is 25.1 Å². The molecule has 0 saturated heterocycles. The summed E-state index contributed by atoms with van der Waals surface area (Å²) < 4.78 is 4.97. The molecule has 0 unspecified atom stereocenters. The highest BCUT2D eigenvalue weighted by Crippen LogP contribution is 2.28. The van der Waals surface area contributed by atoms with Gasteiger partial charge in [-0.25, -0.2) is 9.97 Å². The maximum Gasteiger partial charge on any atom is 0.261 e. The highest BCUT2D eigenvalue weighted by atomic mass is 35.5. The lowest BCUT2D eigenvalue weighted by Crippen LogP contribution is -2.14. The minimum absolute atomic E-state index is 0.210. The van der Waals surface area contributed by atoms with Gasteiger partial charge in [-0.2, -0.15) is 0 Å². The second-order valence-electron chi connectivity index (χ2n) is 4.34. The summed E-state index contributed by atoms with van der Waals surface area (Å²) in [6, 6.07) is 5.15. The van der Waals surface area contributed by atoms with Crippen molar-refractivity contribution in [2.45, 2.75) is 6.61 Å². The molecule has 106 valence electrons. The summed E-state index contributed by atoms with van der Waals surface area (Å²) in [5.41, 5.74) is 1.17. The van der Waals surface area contributed by atoms with Crippen LogP contribution in [-0.4, -0.2) is 27.0 Å². The molecule has 0 radical (unpaired) electrons. The fourth-order valence-corrected chi connectivity index (χ4v) is 2.32. The highest BCUT2D eigenvalue weighted by Gasteiger charge is 2.14. The number of aromatic nitrogens is 4. The maximum atomic E-state index is 12.3. The number of nitrogens with one attached hydrogen (secondary N) is 1. The molecular weight excluding hydrogens is 292 g/mol. The van der Waals surface area contributed by atoms with Gasteiger partial charge >= 0.3 is 0 Å². The summed E-state index contributed by atoms with van der Waals surface area (Å²) in [6.45, 7) is 0.210. The third-order valence-electron chi connectivity index (χ3n) is 2.95. The molecule has 0 saturated carbocycles. The largest absolute Gasteiger partial charge is 0.377 e. The Hall–Kier alpha value is -2.31. The van der Waals surface area contributed by atoms with Gasteiger partial charge in [-0.05, 0) is 18.2 Å². The van der Waals surface area contributed by atoms with Gasteiger partial charge in [-0.1, -0.05) is 11.6 Å². The molecule has 0 aliphatic rings. The molecule has 0 aliphatic carbocycles. The zero-order chi connectivity index (χ0) is 14.8. The standard InChI is InChI=1S/C14H11ClN4O2/c1-21-7-10-18-13-11(14(20)19-10)8(4-6-17-13)12-9(15)3-2-5-16-12/h2-6H,7H2,1H3,(H,17,18,19,20). The third kappa shape index (κ3) is 2.51. The van der Waals surface area contributed by atoms with E-state index < -0.39 is 0 Å². The summed E-state index contributed by atoms with van der Waals surface area (Å²) >= 11 is 6.16. The van der Waals surface area contributed by atoms with Crippen LogP contribution in [-0.2, 0) is 11.3 Å². The smallest absolute Gasteiger partial charge is 0.261 e. The fraction of sp³-hybridized carbons (Fsp3) is 0.143. The molecule has 3 aromatic rings. The van der Waals surface area contributed by atoms with E-state index in [0.29, 0.717) is 33.1 Å². The highest BCUT2D eigenvalue weighted by molar-refractivity contribution is 6.33. The van der Waals surface area contributed by atoms with Crippen molar-refractivity contribution in [2.75, 3.05) is 7.11 Å². The normalized spacial score (nSPS) is 11.0. The van der Waals surface area contributed by atoms with Crippen LogP contribution in [0.5, 0.6) is 0 Å². The Morgan fingerprint density at radius 2 is 2.14 bits per heavy atom. The monoisotopic (exact) mass is 302 g/mol. The van der Waals surface area contributed by atoms with Gasteiger partial charge in [0.1, 0.15) is 12.4 Å². The van der Waals surface area contributed by atoms with Gasteiger partial charge in [-0.3, -0.25) is 9.78 Å². The van der Waals surface area contributed by atoms with Gasteiger partial charge in [0.05, 0.1) is 16.1 Å². The van der Waals surface area contributed by atoms with Crippen molar-refractivity contribution in [3.05, 3.63) is 51.8 Å². The lowest BCUT2D eigenvalue weighted by molar-refractivity contribution is 0.178. The molecule has 0 spiro atoms. The Bertz CT molecular complexity index is 863. The van der Waals surface area contributed by atoms with E-state index in [2.05, 4.69) is 19.9 Å². The van der Waals surface area contributed by atoms with Crippen LogP contribution in [0.4, 0.5) is 0 Å².